The quantitative estimate of drug-likeness (QED) is 0.493. The molecule has 0 N–H and O–H groups in total. The molecule has 0 amide bonds. The van der Waals surface area contributed by atoms with E-state index in [0.717, 1.165) is 12.1 Å². The molecular formula is C14H32O2Si. The molecule has 3 heteroatoms. The van der Waals surface area contributed by atoms with Crippen LogP contribution >= 0.6 is 0 Å². The van der Waals surface area contributed by atoms with E-state index in [1.807, 2.05) is 7.11 Å². The van der Waals surface area contributed by atoms with Gasteiger partial charge in [0.05, 0.1) is 0 Å². The van der Waals surface area contributed by atoms with Crippen LogP contribution in [-0.4, -0.2) is 21.8 Å². The van der Waals surface area contributed by atoms with Crippen molar-refractivity contribution in [3.63, 3.8) is 0 Å². The van der Waals surface area contributed by atoms with Gasteiger partial charge in [0.25, 0.3) is 0 Å². The van der Waals surface area contributed by atoms with Crippen molar-refractivity contribution in [2.75, 3.05) is 7.11 Å². The molecule has 2 nitrogen and oxygen atoms in total. The summed E-state index contributed by atoms with van der Waals surface area (Å²) in [5, 5.41) is 0. The summed E-state index contributed by atoms with van der Waals surface area (Å²) in [7, 11) is -0.0534. The second-order valence-electron chi connectivity index (χ2n) is 4.93. The first-order valence-corrected chi connectivity index (χ1v) is 9.63. The van der Waals surface area contributed by atoms with Crippen LogP contribution in [0, 0.1) is 0 Å². The van der Waals surface area contributed by atoms with E-state index in [0.29, 0.717) is 6.10 Å². The summed E-state index contributed by atoms with van der Waals surface area (Å²) in [5.74, 6) is 0. The predicted molar refractivity (Wildman–Crippen MR) is 77.6 cm³/mol. The van der Waals surface area contributed by atoms with Gasteiger partial charge < -0.3 is 8.85 Å². The van der Waals surface area contributed by atoms with Crippen LogP contribution < -0.4 is 0 Å². The summed E-state index contributed by atoms with van der Waals surface area (Å²) in [5.41, 5.74) is 0. The molecule has 104 valence electrons. The molecule has 0 radical (unpaired) electrons. The second kappa shape index (κ2) is 10.1. The molecule has 0 rings (SSSR count). The number of hydrogen-bond acceptors (Lipinski definition) is 2. The Morgan fingerprint density at radius 1 is 0.824 bits per heavy atom. The van der Waals surface area contributed by atoms with E-state index in [1.54, 1.807) is 0 Å². The molecule has 0 bridgehead atoms. The fraction of sp³-hybridized carbons (Fsp3) is 1.00. The van der Waals surface area contributed by atoms with Crippen molar-refractivity contribution < 1.29 is 8.85 Å². The van der Waals surface area contributed by atoms with E-state index in [4.69, 9.17) is 8.85 Å². The molecule has 0 fully saturated rings. The van der Waals surface area contributed by atoms with Crippen molar-refractivity contribution in [3.8, 4) is 0 Å². The zero-order chi connectivity index (χ0) is 13.1. The van der Waals surface area contributed by atoms with Gasteiger partial charge >= 0.3 is 8.56 Å². The largest absolute Gasteiger partial charge is 0.398 e. The van der Waals surface area contributed by atoms with Gasteiger partial charge in [0.1, 0.15) is 0 Å². The Balaban J connectivity index is 4.53. The Labute approximate surface area is 109 Å². The zero-order valence-electron chi connectivity index (χ0n) is 12.6. The average molecular weight is 260 g/mol. The summed E-state index contributed by atoms with van der Waals surface area (Å²) in [6, 6.07) is 2.28. The Bertz CT molecular complexity index is 162. The Morgan fingerprint density at radius 2 is 1.29 bits per heavy atom. The molecule has 0 aliphatic rings. The topological polar surface area (TPSA) is 18.5 Å². The maximum atomic E-state index is 6.47. The van der Waals surface area contributed by atoms with Gasteiger partial charge in [0.15, 0.2) is 0 Å². The third-order valence-electron chi connectivity index (χ3n) is 3.24. The Morgan fingerprint density at radius 3 is 1.59 bits per heavy atom. The lowest BCUT2D eigenvalue weighted by Crippen LogP contribution is -2.44. The van der Waals surface area contributed by atoms with Crippen molar-refractivity contribution >= 4 is 8.56 Å². The minimum absolute atomic E-state index is 0.426. The van der Waals surface area contributed by atoms with Crippen molar-refractivity contribution in [3.05, 3.63) is 0 Å². The highest BCUT2D eigenvalue weighted by Crippen LogP contribution is 2.26. The van der Waals surface area contributed by atoms with Gasteiger partial charge in [-0.25, -0.2) is 0 Å². The van der Waals surface area contributed by atoms with Gasteiger partial charge in [-0.05, 0) is 24.9 Å². The zero-order valence-corrected chi connectivity index (χ0v) is 13.6. The molecule has 0 aromatic rings. The van der Waals surface area contributed by atoms with E-state index >= 15 is 0 Å². The van der Waals surface area contributed by atoms with Crippen LogP contribution in [0.1, 0.15) is 66.2 Å². The van der Waals surface area contributed by atoms with Gasteiger partial charge in [0, 0.05) is 13.2 Å². The van der Waals surface area contributed by atoms with Crippen molar-refractivity contribution in [1.82, 2.24) is 0 Å². The molecule has 0 aromatic heterocycles. The van der Waals surface area contributed by atoms with Crippen LogP contribution in [0.2, 0.25) is 12.1 Å². The highest BCUT2D eigenvalue weighted by Gasteiger charge is 2.36. The predicted octanol–water partition coefficient (Wildman–Crippen LogP) is 4.88. The Kier molecular flexibility index (Phi) is 10.2. The fourth-order valence-electron chi connectivity index (χ4n) is 2.47. The summed E-state index contributed by atoms with van der Waals surface area (Å²) in [6.45, 7) is 8.94. The lowest BCUT2D eigenvalue weighted by molar-refractivity contribution is 0.112. The first-order chi connectivity index (χ1) is 8.17. The molecule has 0 unspecified atom stereocenters. The fourth-order valence-corrected chi connectivity index (χ4v) is 5.82. The standard InChI is InChI=1S/C14H32O2Si/c1-6-10-14(11-7-2)16-17(15-5,12-8-3)13-9-4/h14H,6-13H2,1-5H3. The maximum Gasteiger partial charge on any atom is 0.338 e. The SMILES string of the molecule is CCCC(CCC)O[Si](CCC)(CCC)OC. The van der Waals surface area contributed by atoms with Crippen LogP contribution in [0.15, 0.2) is 0 Å². The van der Waals surface area contributed by atoms with Crippen LogP contribution in [-0.2, 0) is 8.85 Å². The molecule has 0 saturated carbocycles. The molecular weight excluding hydrogens is 228 g/mol. The van der Waals surface area contributed by atoms with E-state index in [9.17, 15) is 0 Å². The minimum atomic E-state index is -1.91. The van der Waals surface area contributed by atoms with Crippen molar-refractivity contribution in [2.45, 2.75) is 84.4 Å². The van der Waals surface area contributed by atoms with E-state index in [-0.39, 0.29) is 0 Å². The highest BCUT2D eigenvalue weighted by atomic mass is 28.4. The van der Waals surface area contributed by atoms with Gasteiger partial charge in [-0.1, -0.05) is 53.4 Å². The van der Waals surface area contributed by atoms with Gasteiger partial charge in [-0.15, -0.1) is 0 Å². The van der Waals surface area contributed by atoms with Crippen LogP contribution in [0.5, 0.6) is 0 Å². The van der Waals surface area contributed by atoms with E-state index in [2.05, 4.69) is 27.7 Å². The summed E-state index contributed by atoms with van der Waals surface area (Å²) in [6.07, 6.45) is 7.54. The molecule has 0 aliphatic heterocycles. The first-order valence-electron chi connectivity index (χ1n) is 7.40. The molecule has 0 spiro atoms. The van der Waals surface area contributed by atoms with Gasteiger partial charge in [-0.2, -0.15) is 0 Å². The molecule has 0 heterocycles. The highest BCUT2D eigenvalue weighted by molar-refractivity contribution is 6.67. The van der Waals surface area contributed by atoms with Gasteiger partial charge in [0.2, 0.25) is 0 Å². The lowest BCUT2D eigenvalue weighted by Gasteiger charge is -2.33. The molecule has 0 atom stereocenters. The maximum absolute atomic E-state index is 6.47. The second-order valence-corrected chi connectivity index (χ2v) is 8.40. The van der Waals surface area contributed by atoms with Crippen LogP contribution in [0.25, 0.3) is 0 Å². The first kappa shape index (κ1) is 17.1. The molecule has 17 heavy (non-hydrogen) atoms. The van der Waals surface area contributed by atoms with Crippen molar-refractivity contribution in [1.29, 1.82) is 0 Å². The third kappa shape index (κ3) is 6.58. The van der Waals surface area contributed by atoms with Crippen LogP contribution in [0.3, 0.4) is 0 Å². The molecule has 0 aromatic carbocycles. The summed E-state index contributed by atoms with van der Waals surface area (Å²) < 4.78 is 12.3. The number of rotatable bonds is 11. The summed E-state index contributed by atoms with van der Waals surface area (Å²) >= 11 is 0. The van der Waals surface area contributed by atoms with E-state index < -0.39 is 8.56 Å². The Hall–Kier alpha value is 0.137. The normalized spacial score (nSPS) is 12.4. The average Bonchev–Trinajstić information content (AvgIpc) is 2.30. The smallest absolute Gasteiger partial charge is 0.338 e. The minimum Gasteiger partial charge on any atom is -0.398 e. The molecule has 0 saturated heterocycles. The van der Waals surface area contributed by atoms with Crippen LogP contribution in [0.4, 0.5) is 0 Å². The third-order valence-corrected chi connectivity index (χ3v) is 7.27. The summed E-state index contributed by atoms with van der Waals surface area (Å²) in [4.78, 5) is 0. The molecule has 0 aliphatic carbocycles. The van der Waals surface area contributed by atoms with Gasteiger partial charge in [-0.3, -0.25) is 0 Å². The van der Waals surface area contributed by atoms with E-state index in [1.165, 1.54) is 38.5 Å². The number of hydrogen-bond donors (Lipinski definition) is 0. The lowest BCUT2D eigenvalue weighted by atomic mass is 10.1. The van der Waals surface area contributed by atoms with Crippen molar-refractivity contribution in [2.24, 2.45) is 0 Å². The monoisotopic (exact) mass is 260 g/mol.